The molecule has 0 N–H and O–H groups in total. The van der Waals surface area contributed by atoms with E-state index in [1.807, 2.05) is 43.3 Å². The zero-order valence-electron chi connectivity index (χ0n) is 12.3. The Balaban J connectivity index is 2.31. The SMILES string of the molecule is COc1ccc(C#Cc2cc(C)ccc2OC(C)=O)cc1. The van der Waals surface area contributed by atoms with Crippen LogP contribution in [0, 0.1) is 18.8 Å². The molecule has 3 nitrogen and oxygen atoms in total. The topological polar surface area (TPSA) is 35.5 Å². The Kier molecular flexibility index (Phi) is 4.63. The molecule has 0 unspecified atom stereocenters. The summed E-state index contributed by atoms with van der Waals surface area (Å²) >= 11 is 0. The van der Waals surface area contributed by atoms with Gasteiger partial charge in [-0.2, -0.15) is 0 Å². The normalized spacial score (nSPS) is 9.48. The average molecular weight is 280 g/mol. The fourth-order valence-corrected chi connectivity index (χ4v) is 1.80. The molecule has 0 aliphatic heterocycles. The Morgan fingerprint density at radius 3 is 2.38 bits per heavy atom. The molecule has 2 aromatic rings. The second-order valence-electron chi connectivity index (χ2n) is 4.57. The Morgan fingerprint density at radius 2 is 1.76 bits per heavy atom. The molecule has 0 aliphatic rings. The van der Waals surface area contributed by atoms with Crippen LogP contribution in [0.25, 0.3) is 0 Å². The van der Waals surface area contributed by atoms with E-state index < -0.39 is 0 Å². The van der Waals surface area contributed by atoms with Crippen LogP contribution in [-0.2, 0) is 4.79 Å². The van der Waals surface area contributed by atoms with E-state index in [1.54, 1.807) is 13.2 Å². The quantitative estimate of drug-likeness (QED) is 0.481. The summed E-state index contributed by atoms with van der Waals surface area (Å²) in [6, 6.07) is 13.0. The average Bonchev–Trinajstić information content (AvgIpc) is 2.47. The third-order valence-corrected chi connectivity index (χ3v) is 2.82. The molecule has 106 valence electrons. The number of benzene rings is 2. The van der Waals surface area contributed by atoms with Crippen LogP contribution in [0.3, 0.4) is 0 Å². The molecule has 2 rings (SSSR count). The van der Waals surface area contributed by atoms with Crippen molar-refractivity contribution >= 4 is 5.97 Å². The first-order valence-corrected chi connectivity index (χ1v) is 6.53. The monoisotopic (exact) mass is 280 g/mol. The van der Waals surface area contributed by atoms with Crippen molar-refractivity contribution < 1.29 is 14.3 Å². The van der Waals surface area contributed by atoms with Crippen molar-refractivity contribution in [3.63, 3.8) is 0 Å². The minimum Gasteiger partial charge on any atom is -0.497 e. The molecule has 0 fully saturated rings. The predicted molar refractivity (Wildman–Crippen MR) is 81.5 cm³/mol. The van der Waals surface area contributed by atoms with Gasteiger partial charge in [0.25, 0.3) is 0 Å². The summed E-state index contributed by atoms with van der Waals surface area (Å²) in [5.41, 5.74) is 2.62. The van der Waals surface area contributed by atoms with Gasteiger partial charge in [-0.3, -0.25) is 4.79 Å². The number of carbonyl (C=O) groups is 1. The molecule has 0 bridgehead atoms. The van der Waals surface area contributed by atoms with Crippen LogP contribution in [0.1, 0.15) is 23.6 Å². The maximum Gasteiger partial charge on any atom is 0.308 e. The third kappa shape index (κ3) is 4.12. The van der Waals surface area contributed by atoms with Crippen LogP contribution in [0.5, 0.6) is 11.5 Å². The van der Waals surface area contributed by atoms with Gasteiger partial charge in [-0.1, -0.05) is 17.9 Å². The second-order valence-corrected chi connectivity index (χ2v) is 4.57. The van der Waals surface area contributed by atoms with Gasteiger partial charge in [-0.05, 0) is 48.9 Å². The van der Waals surface area contributed by atoms with Gasteiger partial charge < -0.3 is 9.47 Å². The number of aryl methyl sites for hydroxylation is 1. The van der Waals surface area contributed by atoms with Crippen LogP contribution in [0.4, 0.5) is 0 Å². The highest BCUT2D eigenvalue weighted by Crippen LogP contribution is 2.19. The summed E-state index contributed by atoms with van der Waals surface area (Å²) in [7, 11) is 1.62. The van der Waals surface area contributed by atoms with E-state index in [2.05, 4.69) is 11.8 Å². The molecule has 0 aliphatic carbocycles. The summed E-state index contributed by atoms with van der Waals surface area (Å²) in [4.78, 5) is 11.1. The number of hydrogen-bond donors (Lipinski definition) is 0. The molecule has 0 heterocycles. The molecular weight excluding hydrogens is 264 g/mol. The van der Waals surface area contributed by atoms with Gasteiger partial charge in [0.05, 0.1) is 12.7 Å². The lowest BCUT2D eigenvalue weighted by Gasteiger charge is -2.04. The van der Waals surface area contributed by atoms with E-state index in [0.717, 1.165) is 16.9 Å². The first kappa shape index (κ1) is 14.7. The highest BCUT2D eigenvalue weighted by Gasteiger charge is 2.04. The third-order valence-electron chi connectivity index (χ3n) is 2.82. The first-order chi connectivity index (χ1) is 10.1. The minimum atomic E-state index is -0.355. The van der Waals surface area contributed by atoms with Crippen LogP contribution < -0.4 is 9.47 Å². The van der Waals surface area contributed by atoms with Crippen molar-refractivity contribution in [1.82, 2.24) is 0 Å². The zero-order chi connectivity index (χ0) is 15.2. The Morgan fingerprint density at radius 1 is 1.05 bits per heavy atom. The second kappa shape index (κ2) is 6.62. The van der Waals surface area contributed by atoms with Gasteiger partial charge >= 0.3 is 5.97 Å². The van der Waals surface area contributed by atoms with Gasteiger partial charge in [0.2, 0.25) is 0 Å². The van der Waals surface area contributed by atoms with Gasteiger partial charge in [-0.25, -0.2) is 0 Å². The minimum absolute atomic E-state index is 0.355. The Bertz CT molecular complexity index is 703. The summed E-state index contributed by atoms with van der Waals surface area (Å²) in [6.45, 7) is 3.34. The van der Waals surface area contributed by atoms with Gasteiger partial charge in [0, 0.05) is 12.5 Å². The van der Waals surface area contributed by atoms with Crippen molar-refractivity contribution in [2.75, 3.05) is 7.11 Å². The van der Waals surface area contributed by atoms with E-state index in [0.29, 0.717) is 11.3 Å². The molecular formula is C18H16O3. The number of hydrogen-bond acceptors (Lipinski definition) is 3. The molecule has 0 radical (unpaired) electrons. The van der Waals surface area contributed by atoms with Crippen molar-refractivity contribution in [3.8, 4) is 23.3 Å². The van der Waals surface area contributed by atoms with E-state index in [4.69, 9.17) is 9.47 Å². The first-order valence-electron chi connectivity index (χ1n) is 6.53. The molecule has 3 heteroatoms. The van der Waals surface area contributed by atoms with Crippen LogP contribution in [0.15, 0.2) is 42.5 Å². The van der Waals surface area contributed by atoms with Crippen LogP contribution in [0.2, 0.25) is 0 Å². The molecule has 0 aromatic heterocycles. The summed E-state index contributed by atoms with van der Waals surface area (Å²) in [6.07, 6.45) is 0. The summed E-state index contributed by atoms with van der Waals surface area (Å²) < 4.78 is 10.3. The van der Waals surface area contributed by atoms with Crippen LogP contribution >= 0.6 is 0 Å². The fraction of sp³-hybridized carbons (Fsp3) is 0.167. The van der Waals surface area contributed by atoms with E-state index in [-0.39, 0.29) is 5.97 Å². The standard InChI is InChI=1S/C18H16O3/c1-13-4-11-18(21-14(2)19)16(12-13)8-5-15-6-9-17(20-3)10-7-15/h4,6-7,9-12H,1-3H3. The van der Waals surface area contributed by atoms with E-state index in [9.17, 15) is 4.79 Å². The molecule has 0 amide bonds. The van der Waals surface area contributed by atoms with Gasteiger partial charge in [0.1, 0.15) is 11.5 Å². The lowest BCUT2D eigenvalue weighted by molar-refractivity contribution is -0.131. The number of methoxy groups -OCH3 is 1. The largest absolute Gasteiger partial charge is 0.497 e. The maximum absolute atomic E-state index is 11.1. The summed E-state index contributed by atoms with van der Waals surface area (Å²) in [5.74, 6) is 7.02. The molecule has 2 aromatic carbocycles. The molecule has 0 saturated heterocycles. The smallest absolute Gasteiger partial charge is 0.308 e. The van der Waals surface area contributed by atoms with E-state index in [1.165, 1.54) is 6.92 Å². The maximum atomic E-state index is 11.1. The molecule has 0 spiro atoms. The lowest BCUT2D eigenvalue weighted by Crippen LogP contribution is -2.03. The molecule has 0 atom stereocenters. The number of ether oxygens (including phenoxy) is 2. The Labute approximate surface area is 124 Å². The molecule has 0 saturated carbocycles. The van der Waals surface area contributed by atoms with Gasteiger partial charge in [0.15, 0.2) is 0 Å². The van der Waals surface area contributed by atoms with Crippen molar-refractivity contribution in [2.24, 2.45) is 0 Å². The number of carbonyl (C=O) groups excluding carboxylic acids is 1. The Hall–Kier alpha value is -2.73. The van der Waals surface area contributed by atoms with Crippen molar-refractivity contribution in [2.45, 2.75) is 13.8 Å². The lowest BCUT2D eigenvalue weighted by atomic mass is 10.1. The van der Waals surface area contributed by atoms with Crippen molar-refractivity contribution in [1.29, 1.82) is 0 Å². The highest BCUT2D eigenvalue weighted by atomic mass is 16.5. The zero-order valence-corrected chi connectivity index (χ0v) is 12.3. The van der Waals surface area contributed by atoms with Crippen LogP contribution in [-0.4, -0.2) is 13.1 Å². The summed E-state index contributed by atoms with van der Waals surface area (Å²) in [5, 5.41) is 0. The predicted octanol–water partition coefficient (Wildman–Crippen LogP) is 3.33. The fourth-order valence-electron chi connectivity index (χ4n) is 1.80. The number of esters is 1. The number of rotatable bonds is 2. The molecule has 21 heavy (non-hydrogen) atoms. The highest BCUT2D eigenvalue weighted by molar-refractivity contribution is 5.70. The van der Waals surface area contributed by atoms with E-state index >= 15 is 0 Å². The van der Waals surface area contributed by atoms with Crippen molar-refractivity contribution in [3.05, 3.63) is 59.2 Å². The van der Waals surface area contributed by atoms with Gasteiger partial charge in [-0.15, -0.1) is 0 Å².